The highest BCUT2D eigenvalue weighted by Crippen LogP contribution is 2.27. The van der Waals surface area contributed by atoms with Gasteiger partial charge in [-0.05, 0) is 6.07 Å². The fourth-order valence-corrected chi connectivity index (χ4v) is 2.29. The van der Waals surface area contributed by atoms with E-state index in [0.717, 1.165) is 0 Å². The van der Waals surface area contributed by atoms with Crippen molar-refractivity contribution in [1.82, 2.24) is 0 Å². The minimum Gasteiger partial charge on any atom is -0.496 e. The van der Waals surface area contributed by atoms with Crippen LogP contribution in [0.15, 0.2) is 18.2 Å². The van der Waals surface area contributed by atoms with Gasteiger partial charge in [0.2, 0.25) is 0 Å². The van der Waals surface area contributed by atoms with Crippen LogP contribution in [0.3, 0.4) is 0 Å². The van der Waals surface area contributed by atoms with Crippen molar-refractivity contribution in [1.29, 1.82) is 0 Å². The lowest BCUT2D eigenvalue weighted by Crippen LogP contribution is -2.14. The summed E-state index contributed by atoms with van der Waals surface area (Å²) in [5, 5.41) is 28.5. The molecule has 0 saturated carbocycles. The molecular weight excluding hydrogens is 258 g/mol. The van der Waals surface area contributed by atoms with E-state index in [1.165, 1.54) is 31.0 Å². The summed E-state index contributed by atoms with van der Waals surface area (Å²) in [6.07, 6.45) is -0.778. The average molecular weight is 273 g/mol. The molecule has 0 aliphatic heterocycles. The number of methoxy groups -OCH3 is 1. The molecule has 0 aliphatic carbocycles. The highest BCUT2D eigenvalue weighted by atomic mass is 32.2. The molecule has 1 aromatic carbocycles. The Morgan fingerprint density at radius 3 is 2.83 bits per heavy atom. The third-order valence-corrected chi connectivity index (χ3v) is 3.39. The number of hydrogen-bond donors (Lipinski definition) is 2. The number of ether oxygens (including phenoxy) is 1. The Labute approximate surface area is 109 Å². The smallest absolute Gasteiger partial charge is 0.270 e. The zero-order valence-electron chi connectivity index (χ0n) is 9.91. The van der Waals surface area contributed by atoms with E-state index in [-0.39, 0.29) is 12.3 Å². The number of nitro groups is 1. The van der Waals surface area contributed by atoms with Gasteiger partial charge >= 0.3 is 0 Å². The van der Waals surface area contributed by atoms with Gasteiger partial charge in [-0.2, -0.15) is 11.8 Å². The Balaban J connectivity index is 2.72. The Bertz CT molecular complexity index is 412. The third-order valence-electron chi connectivity index (χ3n) is 2.25. The van der Waals surface area contributed by atoms with Gasteiger partial charge in [0.05, 0.1) is 24.7 Å². The minimum atomic E-state index is -0.778. The van der Waals surface area contributed by atoms with Crippen molar-refractivity contribution in [3.05, 3.63) is 33.9 Å². The number of benzene rings is 1. The van der Waals surface area contributed by atoms with Crippen LogP contribution in [-0.2, 0) is 5.75 Å². The second-order valence-electron chi connectivity index (χ2n) is 3.60. The summed E-state index contributed by atoms with van der Waals surface area (Å²) >= 11 is 1.38. The number of nitro benzene ring substituents is 1. The van der Waals surface area contributed by atoms with E-state index in [1.54, 1.807) is 6.07 Å². The van der Waals surface area contributed by atoms with Crippen LogP contribution in [-0.4, -0.2) is 40.7 Å². The highest BCUT2D eigenvalue weighted by molar-refractivity contribution is 7.98. The largest absolute Gasteiger partial charge is 0.496 e. The standard InChI is InChI=1S/C11H15NO5S/c1-17-11-3-2-9(12(15)16)4-8(11)6-18-7-10(14)5-13/h2-4,10,13-14H,5-7H2,1H3. The van der Waals surface area contributed by atoms with Crippen molar-refractivity contribution in [2.45, 2.75) is 11.9 Å². The zero-order valence-corrected chi connectivity index (χ0v) is 10.7. The van der Waals surface area contributed by atoms with Crippen LogP contribution >= 0.6 is 11.8 Å². The van der Waals surface area contributed by atoms with Crippen molar-refractivity contribution in [2.24, 2.45) is 0 Å². The van der Waals surface area contributed by atoms with Crippen LogP contribution in [0.5, 0.6) is 5.75 Å². The van der Waals surface area contributed by atoms with Crippen molar-refractivity contribution < 1.29 is 19.9 Å². The molecule has 0 fully saturated rings. The molecule has 0 aliphatic rings. The molecule has 1 unspecified atom stereocenters. The molecule has 0 spiro atoms. The van der Waals surface area contributed by atoms with E-state index < -0.39 is 11.0 Å². The van der Waals surface area contributed by atoms with Crippen molar-refractivity contribution in [3.8, 4) is 5.75 Å². The number of thioether (sulfide) groups is 1. The molecule has 0 bridgehead atoms. The van der Waals surface area contributed by atoms with E-state index in [0.29, 0.717) is 22.8 Å². The van der Waals surface area contributed by atoms with E-state index >= 15 is 0 Å². The zero-order chi connectivity index (χ0) is 13.5. The second-order valence-corrected chi connectivity index (χ2v) is 4.64. The molecule has 0 aromatic heterocycles. The SMILES string of the molecule is COc1ccc([N+](=O)[O-])cc1CSCC(O)CO. The molecule has 6 nitrogen and oxygen atoms in total. The lowest BCUT2D eigenvalue weighted by Gasteiger charge is -2.09. The molecular formula is C11H15NO5S. The quantitative estimate of drug-likeness (QED) is 0.572. The maximum atomic E-state index is 10.7. The molecule has 1 aromatic rings. The van der Waals surface area contributed by atoms with Gasteiger partial charge in [-0.3, -0.25) is 10.1 Å². The molecule has 7 heteroatoms. The maximum Gasteiger partial charge on any atom is 0.270 e. The molecule has 0 amide bonds. The second kappa shape index (κ2) is 7.20. The lowest BCUT2D eigenvalue weighted by atomic mass is 10.2. The summed E-state index contributed by atoms with van der Waals surface area (Å²) < 4.78 is 5.12. The predicted molar refractivity (Wildman–Crippen MR) is 68.9 cm³/mol. The maximum absolute atomic E-state index is 10.7. The van der Waals surface area contributed by atoms with Crippen LogP contribution in [0.4, 0.5) is 5.69 Å². The summed E-state index contributed by atoms with van der Waals surface area (Å²) in [5.41, 5.74) is 0.705. The molecule has 0 saturated heterocycles. The van der Waals surface area contributed by atoms with Crippen LogP contribution in [0.2, 0.25) is 0 Å². The Morgan fingerprint density at radius 2 is 2.28 bits per heavy atom. The van der Waals surface area contributed by atoms with Gasteiger partial charge < -0.3 is 14.9 Å². The first-order chi connectivity index (χ1) is 8.58. The number of nitrogens with zero attached hydrogens (tertiary/aromatic N) is 1. The van der Waals surface area contributed by atoms with Crippen LogP contribution in [0, 0.1) is 10.1 Å². The summed E-state index contributed by atoms with van der Waals surface area (Å²) in [6, 6.07) is 4.39. The minimum absolute atomic E-state index is 0.00843. The molecule has 18 heavy (non-hydrogen) atoms. The molecule has 0 heterocycles. The van der Waals surface area contributed by atoms with Gasteiger partial charge in [-0.25, -0.2) is 0 Å². The Morgan fingerprint density at radius 1 is 1.56 bits per heavy atom. The summed E-state index contributed by atoms with van der Waals surface area (Å²) in [7, 11) is 1.50. The van der Waals surface area contributed by atoms with Gasteiger partial charge in [0.1, 0.15) is 5.75 Å². The number of hydrogen-bond acceptors (Lipinski definition) is 6. The molecule has 2 N–H and O–H groups in total. The monoisotopic (exact) mass is 273 g/mol. The Hall–Kier alpha value is -1.31. The predicted octanol–water partition coefficient (Wildman–Crippen LogP) is 1.19. The summed E-state index contributed by atoms with van der Waals surface area (Å²) in [4.78, 5) is 10.2. The highest BCUT2D eigenvalue weighted by Gasteiger charge is 2.12. The van der Waals surface area contributed by atoms with Gasteiger partial charge in [0.25, 0.3) is 5.69 Å². The first kappa shape index (κ1) is 14.7. The van der Waals surface area contributed by atoms with Crippen LogP contribution < -0.4 is 4.74 Å². The van der Waals surface area contributed by atoms with Crippen LogP contribution in [0.1, 0.15) is 5.56 Å². The van der Waals surface area contributed by atoms with E-state index in [2.05, 4.69) is 0 Å². The molecule has 0 radical (unpaired) electrons. The van der Waals surface area contributed by atoms with Gasteiger partial charge in [0, 0.05) is 29.2 Å². The molecule has 1 atom stereocenters. The van der Waals surface area contributed by atoms with E-state index in [4.69, 9.17) is 9.84 Å². The third kappa shape index (κ3) is 4.17. The van der Waals surface area contributed by atoms with Gasteiger partial charge in [-0.15, -0.1) is 0 Å². The van der Waals surface area contributed by atoms with Gasteiger partial charge in [0.15, 0.2) is 0 Å². The number of aliphatic hydroxyl groups excluding tert-OH is 2. The average Bonchev–Trinajstić information content (AvgIpc) is 2.38. The normalized spacial score (nSPS) is 12.2. The lowest BCUT2D eigenvalue weighted by molar-refractivity contribution is -0.384. The van der Waals surface area contributed by atoms with Crippen LogP contribution in [0.25, 0.3) is 0 Å². The molecule has 100 valence electrons. The van der Waals surface area contributed by atoms with E-state index in [9.17, 15) is 15.2 Å². The van der Waals surface area contributed by atoms with Crippen molar-refractivity contribution in [3.63, 3.8) is 0 Å². The van der Waals surface area contributed by atoms with Crippen molar-refractivity contribution >= 4 is 17.4 Å². The first-order valence-electron chi connectivity index (χ1n) is 5.26. The summed E-state index contributed by atoms with van der Waals surface area (Å²) in [6.45, 7) is -0.293. The van der Waals surface area contributed by atoms with Gasteiger partial charge in [-0.1, -0.05) is 0 Å². The fraction of sp³-hybridized carbons (Fsp3) is 0.455. The van der Waals surface area contributed by atoms with E-state index in [1.807, 2.05) is 0 Å². The number of non-ortho nitro benzene ring substituents is 1. The summed E-state index contributed by atoms with van der Waals surface area (Å²) in [5.74, 6) is 1.41. The topological polar surface area (TPSA) is 92.8 Å². The first-order valence-corrected chi connectivity index (χ1v) is 6.42. The Kier molecular flexibility index (Phi) is 5.90. The number of rotatable bonds is 7. The fourth-order valence-electron chi connectivity index (χ4n) is 1.35. The van der Waals surface area contributed by atoms with Crippen molar-refractivity contribution in [2.75, 3.05) is 19.5 Å². The molecule has 1 rings (SSSR count). The number of aliphatic hydroxyl groups is 2.